The fourth-order valence-electron chi connectivity index (χ4n) is 2.05. The molecule has 1 aromatic rings. The van der Waals surface area contributed by atoms with Gasteiger partial charge in [-0.25, -0.2) is 4.98 Å². The molecule has 17 heavy (non-hydrogen) atoms. The summed E-state index contributed by atoms with van der Waals surface area (Å²) in [6.45, 7) is 6.10. The Morgan fingerprint density at radius 2 is 2.00 bits per heavy atom. The van der Waals surface area contributed by atoms with Gasteiger partial charge in [0.15, 0.2) is 0 Å². The highest BCUT2D eigenvalue weighted by atomic mass is 16.2. The van der Waals surface area contributed by atoms with E-state index in [-0.39, 0.29) is 5.91 Å². The first-order valence-electron chi connectivity index (χ1n) is 6.00. The Morgan fingerprint density at radius 1 is 1.35 bits per heavy atom. The van der Waals surface area contributed by atoms with Crippen LogP contribution >= 0.6 is 0 Å². The van der Waals surface area contributed by atoms with Crippen molar-refractivity contribution in [1.29, 1.82) is 0 Å². The quantitative estimate of drug-likeness (QED) is 0.806. The van der Waals surface area contributed by atoms with Gasteiger partial charge in [-0.05, 0) is 30.4 Å². The molecule has 1 aromatic heterocycles. The first-order chi connectivity index (χ1) is 7.98. The molecule has 0 spiro atoms. The number of carbonyl (C=O) groups excluding carboxylic acids is 1. The second-order valence-electron chi connectivity index (χ2n) is 5.40. The molecule has 1 aliphatic heterocycles. The van der Waals surface area contributed by atoms with Crippen LogP contribution in [0.3, 0.4) is 0 Å². The van der Waals surface area contributed by atoms with E-state index >= 15 is 0 Å². The highest BCUT2D eigenvalue weighted by molar-refractivity contribution is 5.92. The van der Waals surface area contributed by atoms with Gasteiger partial charge in [0, 0.05) is 13.1 Å². The first-order valence-corrected chi connectivity index (χ1v) is 6.00. The summed E-state index contributed by atoms with van der Waals surface area (Å²) in [5.74, 6) is 0.390. The number of nitrogens with zero attached hydrogens (tertiary/aromatic N) is 2. The van der Waals surface area contributed by atoms with Crippen molar-refractivity contribution < 1.29 is 4.79 Å². The van der Waals surface area contributed by atoms with Gasteiger partial charge in [-0.1, -0.05) is 19.9 Å². The lowest BCUT2D eigenvalue weighted by Crippen LogP contribution is -2.41. The molecule has 0 atom stereocenters. The minimum absolute atomic E-state index is 0.00667. The maximum Gasteiger partial charge on any atom is 0.272 e. The van der Waals surface area contributed by atoms with Crippen LogP contribution in [0.5, 0.6) is 0 Å². The zero-order chi connectivity index (χ0) is 12.5. The van der Waals surface area contributed by atoms with E-state index in [1.54, 1.807) is 18.2 Å². The normalized spacial score (nSPS) is 19.1. The first kappa shape index (κ1) is 11.9. The SMILES string of the molecule is CC1(C)CCN(C(=O)c2cccc(N)n2)CC1. The molecule has 1 fully saturated rings. The number of pyridine rings is 1. The predicted octanol–water partition coefficient (Wildman–Crippen LogP) is 1.93. The third-order valence-corrected chi connectivity index (χ3v) is 3.39. The molecular formula is C13H19N3O. The van der Waals surface area contributed by atoms with Crippen molar-refractivity contribution in [3.63, 3.8) is 0 Å². The summed E-state index contributed by atoms with van der Waals surface area (Å²) in [6.07, 6.45) is 2.09. The topological polar surface area (TPSA) is 59.2 Å². The molecule has 4 nitrogen and oxygen atoms in total. The largest absolute Gasteiger partial charge is 0.384 e. The van der Waals surface area contributed by atoms with Gasteiger partial charge in [-0.2, -0.15) is 0 Å². The van der Waals surface area contributed by atoms with Crippen molar-refractivity contribution >= 4 is 11.7 Å². The van der Waals surface area contributed by atoms with E-state index in [4.69, 9.17) is 5.73 Å². The minimum atomic E-state index is -0.00667. The van der Waals surface area contributed by atoms with Crippen LogP contribution in [0, 0.1) is 5.41 Å². The van der Waals surface area contributed by atoms with Crippen molar-refractivity contribution in [1.82, 2.24) is 9.88 Å². The van der Waals surface area contributed by atoms with Crippen LogP contribution in [0.1, 0.15) is 37.2 Å². The number of nitrogen functional groups attached to an aromatic ring is 1. The average molecular weight is 233 g/mol. The number of hydrogen-bond acceptors (Lipinski definition) is 3. The Labute approximate surface area is 102 Å². The zero-order valence-corrected chi connectivity index (χ0v) is 10.4. The summed E-state index contributed by atoms with van der Waals surface area (Å²) in [5, 5.41) is 0. The fourth-order valence-corrected chi connectivity index (χ4v) is 2.05. The lowest BCUT2D eigenvalue weighted by atomic mass is 9.82. The van der Waals surface area contributed by atoms with Gasteiger partial charge >= 0.3 is 0 Å². The van der Waals surface area contributed by atoms with Gasteiger partial charge in [-0.15, -0.1) is 0 Å². The Kier molecular flexibility index (Phi) is 3.05. The molecule has 0 saturated carbocycles. The number of amides is 1. The van der Waals surface area contributed by atoms with Gasteiger partial charge in [-0.3, -0.25) is 4.79 Å². The van der Waals surface area contributed by atoms with Crippen LogP contribution < -0.4 is 5.73 Å². The summed E-state index contributed by atoms with van der Waals surface area (Å²) in [5.41, 5.74) is 6.38. The van der Waals surface area contributed by atoms with Gasteiger partial charge in [0.05, 0.1) is 0 Å². The molecule has 92 valence electrons. The van der Waals surface area contributed by atoms with Crippen molar-refractivity contribution in [3.05, 3.63) is 23.9 Å². The number of nitrogens with two attached hydrogens (primary N) is 1. The van der Waals surface area contributed by atoms with Gasteiger partial charge in [0.2, 0.25) is 0 Å². The zero-order valence-electron chi connectivity index (χ0n) is 10.4. The Morgan fingerprint density at radius 3 is 2.59 bits per heavy atom. The smallest absolute Gasteiger partial charge is 0.272 e. The Bertz CT molecular complexity index is 418. The number of rotatable bonds is 1. The predicted molar refractivity (Wildman–Crippen MR) is 67.6 cm³/mol. The highest BCUT2D eigenvalue weighted by Gasteiger charge is 2.28. The van der Waals surface area contributed by atoms with Crippen molar-refractivity contribution in [2.75, 3.05) is 18.8 Å². The van der Waals surface area contributed by atoms with Crippen molar-refractivity contribution in [3.8, 4) is 0 Å². The molecule has 1 aliphatic rings. The van der Waals surface area contributed by atoms with E-state index in [0.29, 0.717) is 16.9 Å². The van der Waals surface area contributed by atoms with Crippen molar-refractivity contribution in [2.24, 2.45) is 5.41 Å². The van der Waals surface area contributed by atoms with Crippen LogP contribution in [-0.4, -0.2) is 28.9 Å². The molecule has 2 N–H and O–H groups in total. The molecule has 1 amide bonds. The third kappa shape index (κ3) is 2.75. The summed E-state index contributed by atoms with van der Waals surface area (Å²) in [6, 6.07) is 5.18. The van der Waals surface area contributed by atoms with Crippen LogP contribution in [-0.2, 0) is 0 Å². The standard InChI is InChI=1S/C13H19N3O/c1-13(2)6-8-16(9-7-13)12(17)10-4-3-5-11(14)15-10/h3-5H,6-9H2,1-2H3,(H2,14,15). The van der Waals surface area contributed by atoms with Crippen LogP contribution in [0.2, 0.25) is 0 Å². The third-order valence-electron chi connectivity index (χ3n) is 3.39. The summed E-state index contributed by atoms with van der Waals surface area (Å²) in [4.78, 5) is 18.1. The van der Waals surface area contributed by atoms with Crippen molar-refractivity contribution in [2.45, 2.75) is 26.7 Å². The average Bonchev–Trinajstić information content (AvgIpc) is 2.28. The molecule has 2 rings (SSSR count). The van der Waals surface area contributed by atoms with E-state index in [1.165, 1.54) is 0 Å². The Hall–Kier alpha value is -1.58. The van der Waals surface area contributed by atoms with Gasteiger partial charge < -0.3 is 10.6 Å². The number of piperidine rings is 1. The second-order valence-corrected chi connectivity index (χ2v) is 5.40. The maximum absolute atomic E-state index is 12.2. The lowest BCUT2D eigenvalue weighted by molar-refractivity contribution is 0.0624. The van der Waals surface area contributed by atoms with E-state index in [1.807, 2.05) is 4.90 Å². The number of anilines is 1. The fraction of sp³-hybridized carbons (Fsp3) is 0.538. The number of aromatic nitrogens is 1. The maximum atomic E-state index is 12.2. The molecule has 0 radical (unpaired) electrons. The van der Waals surface area contributed by atoms with Crippen LogP contribution in [0.25, 0.3) is 0 Å². The van der Waals surface area contributed by atoms with Crippen LogP contribution in [0.4, 0.5) is 5.82 Å². The lowest BCUT2D eigenvalue weighted by Gasteiger charge is -2.36. The van der Waals surface area contributed by atoms with E-state index in [2.05, 4.69) is 18.8 Å². The molecule has 0 aliphatic carbocycles. The van der Waals surface area contributed by atoms with Gasteiger partial charge in [0.25, 0.3) is 5.91 Å². The summed E-state index contributed by atoms with van der Waals surface area (Å²) in [7, 11) is 0. The molecule has 4 heteroatoms. The monoisotopic (exact) mass is 233 g/mol. The summed E-state index contributed by atoms with van der Waals surface area (Å²) >= 11 is 0. The second kappa shape index (κ2) is 4.35. The summed E-state index contributed by atoms with van der Waals surface area (Å²) < 4.78 is 0. The van der Waals surface area contributed by atoms with Gasteiger partial charge in [0.1, 0.15) is 11.5 Å². The molecule has 0 aromatic carbocycles. The van der Waals surface area contributed by atoms with E-state index in [0.717, 1.165) is 25.9 Å². The van der Waals surface area contributed by atoms with E-state index in [9.17, 15) is 4.79 Å². The van der Waals surface area contributed by atoms with E-state index < -0.39 is 0 Å². The molecule has 0 bridgehead atoms. The highest BCUT2D eigenvalue weighted by Crippen LogP contribution is 2.30. The minimum Gasteiger partial charge on any atom is -0.384 e. The number of likely N-dealkylation sites (tertiary alicyclic amines) is 1. The molecule has 0 unspecified atom stereocenters. The van der Waals surface area contributed by atoms with Crippen LogP contribution in [0.15, 0.2) is 18.2 Å². The molecular weight excluding hydrogens is 214 g/mol. The molecule has 2 heterocycles. The Balaban J connectivity index is 2.07. The molecule has 1 saturated heterocycles. The number of hydrogen-bond donors (Lipinski definition) is 1. The number of carbonyl (C=O) groups is 1.